The summed E-state index contributed by atoms with van der Waals surface area (Å²) in [5, 5.41) is 8.61. The maximum atomic E-state index is 8.61. The van der Waals surface area contributed by atoms with Gasteiger partial charge in [-0.1, -0.05) is 13.8 Å². The highest BCUT2D eigenvalue weighted by Crippen LogP contribution is 2.01. The first-order valence-corrected chi connectivity index (χ1v) is 3.17. The molecule has 0 aromatic heterocycles. The molecule has 0 aliphatic rings. The monoisotopic (exact) mass is 103 g/mol. The average Bonchev–Trinajstić information content (AvgIpc) is 1.36. The van der Waals surface area contributed by atoms with Crippen molar-refractivity contribution >= 4 is 10.2 Å². The molecular formula is C4H11OSi. The van der Waals surface area contributed by atoms with Crippen LogP contribution in [0.5, 0.6) is 0 Å². The van der Waals surface area contributed by atoms with E-state index in [0.29, 0.717) is 11.6 Å². The van der Waals surface area contributed by atoms with Crippen molar-refractivity contribution in [1.82, 2.24) is 0 Å². The van der Waals surface area contributed by atoms with Crippen molar-refractivity contribution < 1.29 is 5.11 Å². The van der Waals surface area contributed by atoms with E-state index in [-0.39, 0.29) is 0 Å². The highest BCUT2D eigenvalue weighted by atomic mass is 28.1. The number of hydrogen-bond donors (Lipinski definition) is 1. The van der Waals surface area contributed by atoms with Crippen molar-refractivity contribution in [2.45, 2.75) is 13.8 Å². The van der Waals surface area contributed by atoms with Crippen molar-refractivity contribution in [2.75, 3.05) is 0 Å². The number of aliphatic hydroxyl groups excluding tert-OH is 1. The van der Waals surface area contributed by atoms with Crippen molar-refractivity contribution in [2.24, 2.45) is 5.92 Å². The SMILES string of the molecule is CC(C)[C](O)[SiH3]. The maximum Gasteiger partial charge on any atom is 0.0715 e. The summed E-state index contributed by atoms with van der Waals surface area (Å²) in [6.07, 6.45) is 0. The Morgan fingerprint density at radius 2 is 1.83 bits per heavy atom. The predicted molar refractivity (Wildman–Crippen MR) is 30.0 cm³/mol. The maximum absolute atomic E-state index is 8.61. The molecule has 0 heterocycles. The van der Waals surface area contributed by atoms with Gasteiger partial charge in [-0.2, -0.15) is 0 Å². The smallest absolute Gasteiger partial charge is 0.0715 e. The minimum atomic E-state index is 0.386. The predicted octanol–water partition coefficient (Wildman–Crippen LogP) is -0.130. The van der Waals surface area contributed by atoms with Crippen LogP contribution in [-0.4, -0.2) is 15.3 Å². The van der Waals surface area contributed by atoms with E-state index in [0.717, 1.165) is 10.2 Å². The van der Waals surface area contributed by atoms with Crippen LogP contribution in [0.3, 0.4) is 0 Å². The van der Waals surface area contributed by atoms with Crippen LogP contribution in [-0.2, 0) is 0 Å². The molecule has 0 aromatic carbocycles. The van der Waals surface area contributed by atoms with Gasteiger partial charge < -0.3 is 5.11 Å². The fourth-order valence-electron chi connectivity index (χ4n) is 0. The van der Waals surface area contributed by atoms with Crippen molar-refractivity contribution in [3.63, 3.8) is 0 Å². The number of hydrogen-bond acceptors (Lipinski definition) is 1. The largest absolute Gasteiger partial charge is 0.392 e. The summed E-state index contributed by atoms with van der Waals surface area (Å²) in [6, 6.07) is 0. The Kier molecular flexibility index (Phi) is 2.44. The highest BCUT2D eigenvalue weighted by Gasteiger charge is 1.99. The number of rotatable bonds is 1. The Morgan fingerprint density at radius 3 is 1.83 bits per heavy atom. The van der Waals surface area contributed by atoms with Crippen molar-refractivity contribution in [3.8, 4) is 0 Å². The molecule has 0 atom stereocenters. The van der Waals surface area contributed by atoms with Crippen LogP contribution in [0.15, 0.2) is 0 Å². The summed E-state index contributed by atoms with van der Waals surface area (Å²) < 4.78 is 0. The van der Waals surface area contributed by atoms with E-state index < -0.39 is 0 Å². The molecule has 0 saturated carbocycles. The summed E-state index contributed by atoms with van der Waals surface area (Å²) in [5.41, 5.74) is 0.648. The molecule has 1 N–H and O–H groups in total. The molecule has 2 heteroatoms. The molecule has 0 aliphatic carbocycles. The molecule has 0 fully saturated rings. The summed E-state index contributed by atoms with van der Waals surface area (Å²) in [5.74, 6) is 0.386. The van der Waals surface area contributed by atoms with Crippen molar-refractivity contribution in [3.05, 3.63) is 5.73 Å². The molecule has 0 rings (SSSR count). The Morgan fingerprint density at radius 1 is 1.67 bits per heavy atom. The molecule has 0 spiro atoms. The molecule has 0 aliphatic heterocycles. The van der Waals surface area contributed by atoms with E-state index in [4.69, 9.17) is 5.11 Å². The van der Waals surface area contributed by atoms with Gasteiger partial charge in [0.15, 0.2) is 0 Å². The van der Waals surface area contributed by atoms with Gasteiger partial charge in [0.1, 0.15) is 0 Å². The Bertz CT molecular complexity index is 28.5. The third-order valence-electron chi connectivity index (χ3n) is 0.836. The normalized spacial score (nSPS) is 11.5. The first-order chi connectivity index (χ1) is 2.64. The fraction of sp³-hybridized carbons (Fsp3) is 0.750. The van der Waals surface area contributed by atoms with Crippen LogP contribution >= 0.6 is 0 Å². The van der Waals surface area contributed by atoms with Crippen LogP contribution in [0.4, 0.5) is 0 Å². The van der Waals surface area contributed by atoms with Gasteiger partial charge in [0, 0.05) is 10.2 Å². The number of aliphatic hydroxyl groups is 1. The van der Waals surface area contributed by atoms with Gasteiger partial charge in [-0.15, -0.1) is 0 Å². The molecule has 6 heavy (non-hydrogen) atoms. The van der Waals surface area contributed by atoms with Gasteiger partial charge in [-0.05, 0) is 5.92 Å². The second-order valence-electron chi connectivity index (χ2n) is 1.80. The summed E-state index contributed by atoms with van der Waals surface area (Å²) in [6.45, 7) is 3.98. The van der Waals surface area contributed by atoms with Gasteiger partial charge in [0.05, 0.1) is 5.73 Å². The average molecular weight is 103 g/mol. The van der Waals surface area contributed by atoms with Crippen LogP contribution in [0.25, 0.3) is 0 Å². The van der Waals surface area contributed by atoms with Crippen molar-refractivity contribution in [1.29, 1.82) is 0 Å². The minimum Gasteiger partial charge on any atom is -0.392 e. The first-order valence-electron chi connectivity index (χ1n) is 2.17. The first kappa shape index (κ1) is 6.18. The van der Waals surface area contributed by atoms with Gasteiger partial charge in [0.25, 0.3) is 0 Å². The molecular weight excluding hydrogens is 92.1 g/mol. The van der Waals surface area contributed by atoms with Crippen LogP contribution < -0.4 is 0 Å². The topological polar surface area (TPSA) is 20.2 Å². The molecule has 0 unspecified atom stereocenters. The lowest BCUT2D eigenvalue weighted by molar-refractivity contribution is 0.307. The minimum absolute atomic E-state index is 0.386. The standard InChI is InChI=1S/C4H11OSi/c1-3(2)4(5)6/h3,5H,1-2,6H3. The van der Waals surface area contributed by atoms with Crippen LogP contribution in [0.2, 0.25) is 0 Å². The molecule has 0 bridgehead atoms. The molecule has 1 nitrogen and oxygen atoms in total. The third-order valence-corrected chi connectivity index (χ3v) is 1.99. The van der Waals surface area contributed by atoms with Gasteiger partial charge >= 0.3 is 0 Å². The zero-order valence-corrected chi connectivity index (χ0v) is 6.52. The molecule has 0 aromatic rings. The lowest BCUT2D eigenvalue weighted by Crippen LogP contribution is -2.02. The summed E-state index contributed by atoms with van der Waals surface area (Å²) in [7, 11) is 0.826. The molecule has 1 radical (unpaired) electrons. The quantitative estimate of drug-likeness (QED) is 0.458. The fourth-order valence-corrected chi connectivity index (χ4v) is 0. The van der Waals surface area contributed by atoms with Crippen LogP contribution in [0.1, 0.15) is 13.8 Å². The van der Waals surface area contributed by atoms with E-state index in [9.17, 15) is 0 Å². The lowest BCUT2D eigenvalue weighted by atomic mass is 10.2. The Balaban J connectivity index is 2.99. The van der Waals surface area contributed by atoms with E-state index in [2.05, 4.69) is 0 Å². The van der Waals surface area contributed by atoms with E-state index in [1.165, 1.54) is 0 Å². The van der Waals surface area contributed by atoms with Crippen LogP contribution in [0, 0.1) is 11.6 Å². The molecule has 0 amide bonds. The van der Waals surface area contributed by atoms with Gasteiger partial charge in [-0.3, -0.25) is 0 Å². The Hall–Kier alpha value is 0.177. The second-order valence-corrected chi connectivity index (χ2v) is 2.82. The van der Waals surface area contributed by atoms with E-state index in [1.807, 2.05) is 13.8 Å². The molecule has 37 valence electrons. The van der Waals surface area contributed by atoms with Gasteiger partial charge in [-0.25, -0.2) is 0 Å². The zero-order chi connectivity index (χ0) is 5.15. The van der Waals surface area contributed by atoms with Gasteiger partial charge in [0.2, 0.25) is 0 Å². The molecule has 0 saturated heterocycles. The highest BCUT2D eigenvalue weighted by molar-refractivity contribution is 6.17. The lowest BCUT2D eigenvalue weighted by Gasteiger charge is -2.03. The van der Waals surface area contributed by atoms with E-state index >= 15 is 0 Å². The second kappa shape index (κ2) is 2.37. The summed E-state index contributed by atoms with van der Waals surface area (Å²) in [4.78, 5) is 0. The zero-order valence-electron chi connectivity index (χ0n) is 4.52. The third kappa shape index (κ3) is 2.42. The summed E-state index contributed by atoms with van der Waals surface area (Å²) >= 11 is 0. The van der Waals surface area contributed by atoms with E-state index in [1.54, 1.807) is 0 Å². The Labute approximate surface area is 41.8 Å².